The van der Waals surface area contributed by atoms with Gasteiger partial charge in [-0.05, 0) is 57.5 Å². The Morgan fingerprint density at radius 2 is 1.07 bits per heavy atom. The average molecular weight is 636 g/mol. The average Bonchev–Trinajstić information content (AvgIpc) is 3.48. The Bertz CT molecular complexity index is 673. The molecule has 0 spiro atoms. The molecule has 0 amide bonds. The number of nitrogens with zero attached hydrogens (tertiary/aromatic N) is 1. The summed E-state index contributed by atoms with van der Waals surface area (Å²) in [4.78, 5) is 27.1. The van der Waals surface area contributed by atoms with Gasteiger partial charge in [-0.3, -0.25) is 9.59 Å². The molecule has 45 heavy (non-hydrogen) atoms. The fourth-order valence-electron chi connectivity index (χ4n) is 6.94. The van der Waals surface area contributed by atoms with Gasteiger partial charge in [0.05, 0.1) is 19.1 Å². The lowest BCUT2D eigenvalue weighted by Gasteiger charge is -2.19. The fourth-order valence-corrected chi connectivity index (χ4v) is 6.94. The van der Waals surface area contributed by atoms with Gasteiger partial charge >= 0.3 is 11.9 Å². The summed E-state index contributed by atoms with van der Waals surface area (Å²) in [7, 11) is 2.09. The van der Waals surface area contributed by atoms with Gasteiger partial charge in [-0.1, -0.05) is 156 Å². The van der Waals surface area contributed by atoms with E-state index in [4.69, 9.17) is 9.47 Å². The Hall–Kier alpha value is -1.10. The first kappa shape index (κ1) is 41.9. The maximum atomic E-state index is 12.6. The van der Waals surface area contributed by atoms with Crippen LogP contribution in [0.2, 0.25) is 0 Å². The van der Waals surface area contributed by atoms with E-state index in [0.29, 0.717) is 25.6 Å². The van der Waals surface area contributed by atoms with Crippen LogP contribution in [0.15, 0.2) is 0 Å². The summed E-state index contributed by atoms with van der Waals surface area (Å²) in [6.07, 6.45) is 32.9. The zero-order valence-electron chi connectivity index (χ0n) is 30.7. The first-order chi connectivity index (χ1) is 22.0. The molecule has 5 nitrogen and oxygen atoms in total. The standard InChI is InChI=1S/C40H77NO4/c1-5-8-11-12-13-14-17-22-27-37(35-45-40(43)38-30-32-41(4)34-38)28-23-18-15-16-19-24-29-39(42)44-33-31-36(25-20-9-6-2)26-21-10-7-3/h36-38H,5-35H2,1-4H3/t37-,38?/m0/s1. The molecule has 0 aromatic rings. The highest BCUT2D eigenvalue weighted by Crippen LogP contribution is 2.23. The SMILES string of the molecule is CCCCCCCCCC[C@@H](CCCCCCCCC(=O)OCCC(CCCCC)CCCCC)COC(=O)C1CCN(C)C1. The van der Waals surface area contributed by atoms with Crippen LogP contribution in [0.1, 0.15) is 194 Å². The third-order valence-corrected chi connectivity index (χ3v) is 10.1. The molecule has 0 N–H and O–H groups in total. The summed E-state index contributed by atoms with van der Waals surface area (Å²) in [5.74, 6) is 1.31. The second-order valence-corrected chi connectivity index (χ2v) is 14.5. The van der Waals surface area contributed by atoms with E-state index in [0.717, 1.165) is 44.7 Å². The lowest BCUT2D eigenvalue weighted by atomic mass is 9.92. The van der Waals surface area contributed by atoms with Crippen molar-refractivity contribution in [1.82, 2.24) is 4.90 Å². The number of unbranched alkanes of at least 4 members (excludes halogenated alkanes) is 16. The van der Waals surface area contributed by atoms with Gasteiger partial charge in [0.1, 0.15) is 0 Å². The minimum absolute atomic E-state index is 0.00142. The molecule has 0 aromatic heterocycles. The molecule has 266 valence electrons. The van der Waals surface area contributed by atoms with Crippen LogP contribution in [0, 0.1) is 17.8 Å². The Labute approximate surface area is 280 Å². The van der Waals surface area contributed by atoms with Gasteiger partial charge in [0, 0.05) is 13.0 Å². The minimum atomic E-state index is -0.00142. The van der Waals surface area contributed by atoms with Gasteiger partial charge in [0.2, 0.25) is 0 Å². The van der Waals surface area contributed by atoms with E-state index in [2.05, 4.69) is 32.7 Å². The molecule has 1 rings (SSSR count). The number of ether oxygens (including phenoxy) is 2. The third-order valence-electron chi connectivity index (χ3n) is 10.1. The summed E-state index contributed by atoms with van der Waals surface area (Å²) in [5.41, 5.74) is 0. The van der Waals surface area contributed by atoms with E-state index >= 15 is 0 Å². The van der Waals surface area contributed by atoms with Crippen LogP contribution >= 0.6 is 0 Å². The number of carbonyl (C=O) groups excluding carboxylic acids is 2. The van der Waals surface area contributed by atoms with Crippen LogP contribution in [0.25, 0.3) is 0 Å². The van der Waals surface area contributed by atoms with Crippen LogP contribution in [-0.2, 0) is 19.1 Å². The van der Waals surface area contributed by atoms with E-state index in [9.17, 15) is 9.59 Å². The lowest BCUT2D eigenvalue weighted by molar-refractivity contribution is -0.149. The van der Waals surface area contributed by atoms with Crippen LogP contribution in [-0.4, -0.2) is 50.2 Å². The highest BCUT2D eigenvalue weighted by Gasteiger charge is 2.28. The normalized spacial score (nSPS) is 16.0. The van der Waals surface area contributed by atoms with Crippen LogP contribution in [0.4, 0.5) is 0 Å². The van der Waals surface area contributed by atoms with Crippen molar-refractivity contribution >= 4 is 11.9 Å². The van der Waals surface area contributed by atoms with Gasteiger partial charge in [-0.25, -0.2) is 0 Å². The molecule has 2 atom stereocenters. The van der Waals surface area contributed by atoms with Crippen molar-refractivity contribution in [2.75, 3.05) is 33.4 Å². The van der Waals surface area contributed by atoms with Crippen molar-refractivity contribution in [3.8, 4) is 0 Å². The molecule has 1 aliphatic heterocycles. The maximum Gasteiger partial charge on any atom is 0.310 e. The number of hydrogen-bond acceptors (Lipinski definition) is 5. The maximum absolute atomic E-state index is 12.6. The largest absolute Gasteiger partial charge is 0.466 e. The number of carbonyl (C=O) groups is 2. The Kier molecular flexibility index (Phi) is 28.2. The molecule has 1 heterocycles. The van der Waals surface area contributed by atoms with Crippen molar-refractivity contribution in [1.29, 1.82) is 0 Å². The Balaban J connectivity index is 2.19. The molecule has 1 fully saturated rings. The van der Waals surface area contributed by atoms with Crippen molar-refractivity contribution in [3.63, 3.8) is 0 Å². The quantitative estimate of drug-likeness (QED) is 0.0544. The second-order valence-electron chi connectivity index (χ2n) is 14.5. The highest BCUT2D eigenvalue weighted by molar-refractivity contribution is 5.73. The molecular formula is C40H77NO4. The van der Waals surface area contributed by atoms with Gasteiger partial charge in [-0.2, -0.15) is 0 Å². The predicted octanol–water partition coefficient (Wildman–Crippen LogP) is 11.5. The van der Waals surface area contributed by atoms with Crippen LogP contribution < -0.4 is 0 Å². The van der Waals surface area contributed by atoms with Gasteiger partial charge in [-0.15, -0.1) is 0 Å². The number of rotatable bonds is 32. The molecule has 5 heteroatoms. The number of esters is 2. The Morgan fingerprint density at radius 1 is 0.600 bits per heavy atom. The van der Waals surface area contributed by atoms with E-state index in [1.165, 1.54) is 141 Å². The van der Waals surface area contributed by atoms with Crippen LogP contribution in [0.3, 0.4) is 0 Å². The second kappa shape index (κ2) is 30.2. The topological polar surface area (TPSA) is 55.8 Å². The molecule has 0 bridgehead atoms. The van der Waals surface area contributed by atoms with E-state index < -0.39 is 0 Å². The zero-order valence-corrected chi connectivity index (χ0v) is 30.7. The first-order valence-corrected chi connectivity index (χ1v) is 20.0. The summed E-state index contributed by atoms with van der Waals surface area (Å²) >= 11 is 0. The van der Waals surface area contributed by atoms with Crippen LogP contribution in [0.5, 0.6) is 0 Å². The van der Waals surface area contributed by atoms with Gasteiger partial charge in [0.25, 0.3) is 0 Å². The van der Waals surface area contributed by atoms with Crippen molar-refractivity contribution in [2.45, 2.75) is 194 Å². The lowest BCUT2D eigenvalue weighted by Crippen LogP contribution is -2.24. The highest BCUT2D eigenvalue weighted by atomic mass is 16.5. The van der Waals surface area contributed by atoms with Crippen molar-refractivity contribution in [2.24, 2.45) is 17.8 Å². The number of likely N-dealkylation sites (tertiary alicyclic amines) is 1. The Morgan fingerprint density at radius 3 is 1.60 bits per heavy atom. The van der Waals surface area contributed by atoms with E-state index in [-0.39, 0.29) is 17.9 Å². The van der Waals surface area contributed by atoms with E-state index in [1.807, 2.05) is 0 Å². The fraction of sp³-hybridized carbons (Fsp3) is 0.950. The van der Waals surface area contributed by atoms with E-state index in [1.54, 1.807) is 0 Å². The van der Waals surface area contributed by atoms with Crippen molar-refractivity contribution < 1.29 is 19.1 Å². The van der Waals surface area contributed by atoms with Gasteiger partial charge < -0.3 is 14.4 Å². The monoisotopic (exact) mass is 636 g/mol. The molecule has 1 aliphatic rings. The molecule has 1 saturated heterocycles. The third kappa shape index (κ3) is 24.7. The van der Waals surface area contributed by atoms with Crippen molar-refractivity contribution in [3.05, 3.63) is 0 Å². The summed E-state index contributed by atoms with van der Waals surface area (Å²) in [6, 6.07) is 0. The first-order valence-electron chi connectivity index (χ1n) is 20.0. The minimum Gasteiger partial charge on any atom is -0.466 e. The molecule has 0 aliphatic carbocycles. The summed E-state index contributed by atoms with van der Waals surface area (Å²) in [5, 5.41) is 0. The zero-order chi connectivity index (χ0) is 32.8. The molecule has 0 saturated carbocycles. The smallest absolute Gasteiger partial charge is 0.310 e. The molecular weight excluding hydrogens is 558 g/mol. The van der Waals surface area contributed by atoms with Gasteiger partial charge in [0.15, 0.2) is 0 Å². The summed E-state index contributed by atoms with van der Waals surface area (Å²) < 4.78 is 11.5. The predicted molar refractivity (Wildman–Crippen MR) is 192 cm³/mol. The molecule has 1 unspecified atom stereocenters. The number of hydrogen-bond donors (Lipinski definition) is 0. The summed E-state index contributed by atoms with van der Waals surface area (Å²) in [6.45, 7) is 9.86. The molecule has 0 aromatic carbocycles. The molecule has 0 radical (unpaired) electrons.